The van der Waals surface area contributed by atoms with Crippen molar-refractivity contribution in [2.75, 3.05) is 26.2 Å². The summed E-state index contributed by atoms with van der Waals surface area (Å²) in [6, 6.07) is 0.781. The molecule has 4 nitrogen and oxygen atoms in total. The fourth-order valence-corrected chi connectivity index (χ4v) is 3.23. The van der Waals surface area contributed by atoms with Gasteiger partial charge < -0.3 is 15.1 Å². The Bertz CT molecular complexity index is 287. The van der Waals surface area contributed by atoms with Gasteiger partial charge in [-0.2, -0.15) is 0 Å². The third-order valence-electron chi connectivity index (χ3n) is 4.22. The largest absolute Gasteiger partial charge is 0.336 e. The highest BCUT2D eigenvalue weighted by molar-refractivity contribution is 5.74. The molecule has 2 aliphatic rings. The van der Waals surface area contributed by atoms with Crippen LogP contribution in [0.25, 0.3) is 0 Å². The zero-order valence-corrected chi connectivity index (χ0v) is 12.5. The van der Waals surface area contributed by atoms with Gasteiger partial charge in [-0.25, -0.2) is 4.79 Å². The predicted molar refractivity (Wildman–Crippen MR) is 78.3 cm³/mol. The van der Waals surface area contributed by atoms with Crippen LogP contribution >= 0.6 is 0 Å². The Labute approximate surface area is 117 Å². The molecule has 1 N–H and O–H groups in total. The van der Waals surface area contributed by atoms with E-state index in [-0.39, 0.29) is 12.1 Å². The van der Waals surface area contributed by atoms with Gasteiger partial charge in [0.1, 0.15) is 0 Å². The number of rotatable bonds is 3. The van der Waals surface area contributed by atoms with Gasteiger partial charge in [0.2, 0.25) is 0 Å². The molecule has 0 aliphatic carbocycles. The van der Waals surface area contributed by atoms with Gasteiger partial charge >= 0.3 is 6.03 Å². The minimum atomic E-state index is 0.140. The minimum Gasteiger partial charge on any atom is -0.336 e. The average Bonchev–Trinajstić information content (AvgIpc) is 2.73. The summed E-state index contributed by atoms with van der Waals surface area (Å²) < 4.78 is 0. The van der Waals surface area contributed by atoms with E-state index in [2.05, 4.69) is 15.1 Å². The van der Waals surface area contributed by atoms with Crippen LogP contribution < -0.4 is 5.32 Å². The van der Waals surface area contributed by atoms with E-state index in [0.29, 0.717) is 6.04 Å². The molecule has 19 heavy (non-hydrogen) atoms. The number of carbonyl (C=O) groups is 1. The summed E-state index contributed by atoms with van der Waals surface area (Å²) >= 11 is 0. The summed E-state index contributed by atoms with van der Waals surface area (Å²) in [6.45, 7) is 8.51. The van der Waals surface area contributed by atoms with Crippen molar-refractivity contribution in [1.82, 2.24) is 15.1 Å². The quantitative estimate of drug-likeness (QED) is 0.852. The maximum atomic E-state index is 12.3. The molecule has 2 fully saturated rings. The van der Waals surface area contributed by atoms with E-state index < -0.39 is 0 Å². The van der Waals surface area contributed by atoms with Crippen molar-refractivity contribution in [3.63, 3.8) is 0 Å². The van der Waals surface area contributed by atoms with E-state index in [1.54, 1.807) is 0 Å². The molecule has 0 saturated carbocycles. The van der Waals surface area contributed by atoms with Crippen LogP contribution in [0.15, 0.2) is 0 Å². The van der Waals surface area contributed by atoms with Crippen LogP contribution in [0.3, 0.4) is 0 Å². The lowest BCUT2D eigenvalue weighted by atomic mass is 10.1. The Balaban J connectivity index is 1.95. The Kier molecular flexibility index (Phi) is 5.49. The van der Waals surface area contributed by atoms with Gasteiger partial charge in [-0.3, -0.25) is 0 Å². The topological polar surface area (TPSA) is 35.6 Å². The first-order chi connectivity index (χ1) is 9.16. The van der Waals surface area contributed by atoms with Crippen LogP contribution in [0.2, 0.25) is 0 Å². The first-order valence-electron chi connectivity index (χ1n) is 7.96. The van der Waals surface area contributed by atoms with Gasteiger partial charge in [0.05, 0.1) is 0 Å². The van der Waals surface area contributed by atoms with Crippen LogP contribution in [0, 0.1) is 0 Å². The molecule has 2 amide bonds. The Morgan fingerprint density at radius 2 is 1.79 bits per heavy atom. The van der Waals surface area contributed by atoms with E-state index >= 15 is 0 Å². The van der Waals surface area contributed by atoms with Gasteiger partial charge in [-0.1, -0.05) is 12.8 Å². The normalized spacial score (nSPS) is 25.6. The first-order valence-corrected chi connectivity index (χ1v) is 7.96. The standard InChI is InChI=1S/C15H29N3O/c1-13(2)16-15(19)18-11-5-3-4-8-14(18)12-17-9-6-7-10-17/h13-14H,3-12H2,1-2H3,(H,16,19)/t14-/m1/s1. The molecule has 0 aromatic carbocycles. The monoisotopic (exact) mass is 267 g/mol. The Morgan fingerprint density at radius 1 is 1.11 bits per heavy atom. The van der Waals surface area contributed by atoms with Crippen LogP contribution in [-0.4, -0.2) is 54.1 Å². The number of carbonyl (C=O) groups excluding carboxylic acids is 1. The fraction of sp³-hybridized carbons (Fsp3) is 0.933. The number of likely N-dealkylation sites (tertiary alicyclic amines) is 2. The summed E-state index contributed by atoms with van der Waals surface area (Å²) in [4.78, 5) is 17.0. The molecule has 2 rings (SSSR count). The van der Waals surface area contributed by atoms with Crippen LogP contribution in [0.5, 0.6) is 0 Å². The maximum Gasteiger partial charge on any atom is 0.317 e. The SMILES string of the molecule is CC(C)NC(=O)N1CCCCC[C@@H]1CN1CCCC1. The van der Waals surface area contributed by atoms with Crippen molar-refractivity contribution in [3.05, 3.63) is 0 Å². The van der Waals surface area contributed by atoms with E-state index in [1.165, 1.54) is 45.2 Å². The third kappa shape index (κ3) is 4.37. The molecule has 0 aromatic rings. The summed E-state index contributed by atoms with van der Waals surface area (Å²) in [5.41, 5.74) is 0. The lowest BCUT2D eigenvalue weighted by Crippen LogP contribution is -2.51. The van der Waals surface area contributed by atoms with E-state index in [1.807, 2.05) is 13.8 Å². The second-order valence-corrected chi connectivity index (χ2v) is 6.31. The lowest BCUT2D eigenvalue weighted by molar-refractivity contribution is 0.151. The van der Waals surface area contributed by atoms with E-state index in [0.717, 1.165) is 19.5 Å². The predicted octanol–water partition coefficient (Wildman–Crippen LogP) is 2.44. The van der Waals surface area contributed by atoms with Gasteiger partial charge in [-0.05, 0) is 52.6 Å². The van der Waals surface area contributed by atoms with Gasteiger partial charge in [0.25, 0.3) is 0 Å². The van der Waals surface area contributed by atoms with Crippen molar-refractivity contribution in [2.45, 2.75) is 64.5 Å². The number of amides is 2. The summed E-state index contributed by atoms with van der Waals surface area (Å²) in [6.07, 6.45) is 7.51. The van der Waals surface area contributed by atoms with Crippen molar-refractivity contribution < 1.29 is 4.79 Å². The summed E-state index contributed by atoms with van der Waals surface area (Å²) in [5, 5.41) is 3.06. The van der Waals surface area contributed by atoms with Gasteiger partial charge in [0, 0.05) is 25.2 Å². The van der Waals surface area contributed by atoms with Crippen LogP contribution in [0.1, 0.15) is 52.4 Å². The number of hydrogen-bond donors (Lipinski definition) is 1. The fourth-order valence-electron chi connectivity index (χ4n) is 3.23. The average molecular weight is 267 g/mol. The zero-order valence-electron chi connectivity index (χ0n) is 12.5. The lowest BCUT2D eigenvalue weighted by Gasteiger charge is -2.33. The summed E-state index contributed by atoms with van der Waals surface area (Å²) in [7, 11) is 0. The van der Waals surface area contributed by atoms with Crippen molar-refractivity contribution >= 4 is 6.03 Å². The molecule has 110 valence electrons. The molecular formula is C15H29N3O. The first kappa shape index (κ1) is 14.6. The summed E-state index contributed by atoms with van der Waals surface area (Å²) in [5.74, 6) is 0. The number of nitrogens with zero attached hydrogens (tertiary/aromatic N) is 2. The molecule has 4 heteroatoms. The molecule has 2 aliphatic heterocycles. The van der Waals surface area contributed by atoms with E-state index in [4.69, 9.17) is 0 Å². The molecule has 0 aromatic heterocycles. The van der Waals surface area contributed by atoms with Crippen molar-refractivity contribution in [3.8, 4) is 0 Å². The molecule has 0 unspecified atom stereocenters. The Hall–Kier alpha value is -0.770. The highest BCUT2D eigenvalue weighted by Crippen LogP contribution is 2.20. The number of urea groups is 1. The van der Waals surface area contributed by atoms with E-state index in [9.17, 15) is 4.79 Å². The molecular weight excluding hydrogens is 238 g/mol. The molecule has 1 atom stereocenters. The molecule has 0 radical (unpaired) electrons. The molecule has 0 bridgehead atoms. The number of hydrogen-bond acceptors (Lipinski definition) is 2. The van der Waals surface area contributed by atoms with Crippen LogP contribution in [-0.2, 0) is 0 Å². The maximum absolute atomic E-state index is 12.3. The molecule has 2 heterocycles. The van der Waals surface area contributed by atoms with Gasteiger partial charge in [0.15, 0.2) is 0 Å². The minimum absolute atomic E-state index is 0.140. The smallest absolute Gasteiger partial charge is 0.317 e. The highest BCUT2D eigenvalue weighted by Gasteiger charge is 2.28. The third-order valence-corrected chi connectivity index (χ3v) is 4.22. The van der Waals surface area contributed by atoms with Crippen molar-refractivity contribution in [2.24, 2.45) is 0 Å². The van der Waals surface area contributed by atoms with Gasteiger partial charge in [-0.15, -0.1) is 0 Å². The molecule has 0 spiro atoms. The van der Waals surface area contributed by atoms with Crippen LogP contribution in [0.4, 0.5) is 4.79 Å². The molecule has 2 saturated heterocycles. The highest BCUT2D eigenvalue weighted by atomic mass is 16.2. The number of nitrogens with one attached hydrogen (secondary N) is 1. The Morgan fingerprint density at radius 3 is 2.47 bits per heavy atom. The second-order valence-electron chi connectivity index (χ2n) is 6.31. The zero-order chi connectivity index (χ0) is 13.7. The van der Waals surface area contributed by atoms with Crippen molar-refractivity contribution in [1.29, 1.82) is 0 Å². The second kappa shape index (κ2) is 7.13.